The molecule has 2 heterocycles. The summed E-state index contributed by atoms with van der Waals surface area (Å²) in [7, 11) is 0. The zero-order chi connectivity index (χ0) is 22.4. The van der Waals surface area contributed by atoms with Crippen molar-refractivity contribution in [3.05, 3.63) is 110 Å². The molecule has 0 aliphatic carbocycles. The largest absolute Gasteiger partial charge is 0.295 e. The van der Waals surface area contributed by atoms with Crippen LogP contribution in [0.25, 0.3) is 11.3 Å². The number of carbonyl (C=O) groups excluding carboxylic acids is 1. The maximum absolute atomic E-state index is 13.5. The van der Waals surface area contributed by atoms with Crippen LogP contribution in [-0.4, -0.2) is 21.0 Å². The summed E-state index contributed by atoms with van der Waals surface area (Å²) < 4.78 is 0.918. The fourth-order valence-electron chi connectivity index (χ4n) is 4.13. The summed E-state index contributed by atoms with van der Waals surface area (Å²) in [6.07, 6.45) is 0. The number of aromatic nitrogens is 2. The van der Waals surface area contributed by atoms with Gasteiger partial charge in [-0.3, -0.25) is 24.9 Å². The molecule has 7 nitrogen and oxygen atoms in total. The molecule has 1 N–H and O–H groups in total. The number of carbonyl (C=O) groups is 1. The first-order valence-corrected chi connectivity index (χ1v) is 10.7. The first-order valence-electron chi connectivity index (χ1n) is 9.93. The Bertz CT molecular complexity index is 1350. The molecule has 0 radical (unpaired) electrons. The minimum absolute atomic E-state index is 0.0433. The van der Waals surface area contributed by atoms with E-state index in [2.05, 4.69) is 26.1 Å². The number of nitrogens with zero attached hydrogens (tertiary/aromatic N) is 3. The van der Waals surface area contributed by atoms with Gasteiger partial charge in [-0.05, 0) is 37.3 Å². The highest BCUT2D eigenvalue weighted by molar-refractivity contribution is 9.10. The van der Waals surface area contributed by atoms with Crippen molar-refractivity contribution in [2.45, 2.75) is 13.0 Å². The van der Waals surface area contributed by atoms with Crippen LogP contribution in [0.5, 0.6) is 0 Å². The summed E-state index contributed by atoms with van der Waals surface area (Å²) in [5, 5.41) is 19.2. The molecular formula is C24H17BrN4O3. The van der Waals surface area contributed by atoms with Crippen molar-refractivity contribution in [2.75, 3.05) is 4.90 Å². The second-order valence-corrected chi connectivity index (χ2v) is 8.51. The van der Waals surface area contributed by atoms with E-state index in [4.69, 9.17) is 0 Å². The molecular weight excluding hydrogens is 472 g/mol. The monoisotopic (exact) mass is 488 g/mol. The van der Waals surface area contributed by atoms with Crippen molar-refractivity contribution in [1.82, 2.24) is 10.2 Å². The number of amides is 1. The van der Waals surface area contributed by atoms with Gasteiger partial charge in [0.2, 0.25) is 0 Å². The molecule has 1 aromatic heterocycles. The summed E-state index contributed by atoms with van der Waals surface area (Å²) in [5.74, 6) is -0.275. The average molecular weight is 489 g/mol. The van der Waals surface area contributed by atoms with Crippen LogP contribution in [0.15, 0.2) is 77.3 Å². The van der Waals surface area contributed by atoms with E-state index >= 15 is 0 Å². The molecule has 0 saturated carbocycles. The van der Waals surface area contributed by atoms with E-state index in [-0.39, 0.29) is 11.6 Å². The number of para-hydroxylation sites is 1. The summed E-state index contributed by atoms with van der Waals surface area (Å²) >= 11 is 3.44. The zero-order valence-electron chi connectivity index (χ0n) is 16.9. The van der Waals surface area contributed by atoms with Gasteiger partial charge in [-0.1, -0.05) is 57.9 Å². The number of hydrogen-bond donors (Lipinski definition) is 1. The number of aryl methyl sites for hydroxylation is 1. The van der Waals surface area contributed by atoms with Crippen molar-refractivity contribution < 1.29 is 9.72 Å². The molecule has 1 unspecified atom stereocenters. The van der Waals surface area contributed by atoms with E-state index in [0.717, 1.165) is 15.6 Å². The predicted molar refractivity (Wildman–Crippen MR) is 125 cm³/mol. The van der Waals surface area contributed by atoms with Gasteiger partial charge in [0.05, 0.1) is 22.2 Å². The van der Waals surface area contributed by atoms with Gasteiger partial charge in [0, 0.05) is 27.4 Å². The summed E-state index contributed by atoms with van der Waals surface area (Å²) in [4.78, 5) is 26.6. The number of hydrogen-bond acceptors (Lipinski definition) is 4. The molecule has 1 aliphatic heterocycles. The Hall–Kier alpha value is -3.78. The Morgan fingerprint density at radius 3 is 2.41 bits per heavy atom. The van der Waals surface area contributed by atoms with E-state index in [1.165, 1.54) is 6.07 Å². The average Bonchev–Trinajstić information content (AvgIpc) is 3.34. The molecule has 5 rings (SSSR count). The molecule has 0 spiro atoms. The fraction of sp³-hybridized carbons (Fsp3) is 0.0833. The third-order valence-electron chi connectivity index (χ3n) is 5.63. The normalized spacial score (nSPS) is 15.1. The molecule has 3 aromatic carbocycles. The second-order valence-electron chi connectivity index (χ2n) is 7.60. The van der Waals surface area contributed by atoms with Crippen LogP contribution in [0.3, 0.4) is 0 Å². The molecule has 1 amide bonds. The summed E-state index contributed by atoms with van der Waals surface area (Å²) in [6.45, 7) is 1.97. The molecule has 0 bridgehead atoms. The van der Waals surface area contributed by atoms with Crippen molar-refractivity contribution >= 4 is 33.2 Å². The van der Waals surface area contributed by atoms with Crippen LogP contribution in [0.1, 0.15) is 33.2 Å². The highest BCUT2D eigenvalue weighted by Crippen LogP contribution is 2.47. The second kappa shape index (κ2) is 7.72. The lowest BCUT2D eigenvalue weighted by Gasteiger charge is -2.26. The Kier molecular flexibility index (Phi) is 4.86. The molecule has 32 heavy (non-hydrogen) atoms. The zero-order valence-corrected chi connectivity index (χ0v) is 18.5. The number of H-pyrrole nitrogens is 1. The molecule has 0 fully saturated rings. The number of nitro benzene ring substituents is 1. The first-order chi connectivity index (χ1) is 15.5. The maximum Gasteiger partial charge on any atom is 0.277 e. The topological polar surface area (TPSA) is 92.1 Å². The van der Waals surface area contributed by atoms with Crippen molar-refractivity contribution in [1.29, 1.82) is 0 Å². The number of fused-ring (bicyclic) bond motifs is 1. The first kappa shape index (κ1) is 20.1. The number of halogens is 1. The van der Waals surface area contributed by atoms with Gasteiger partial charge in [-0.15, -0.1) is 0 Å². The Morgan fingerprint density at radius 2 is 1.72 bits per heavy atom. The maximum atomic E-state index is 13.5. The number of anilines is 1. The van der Waals surface area contributed by atoms with Crippen molar-refractivity contribution in [2.24, 2.45) is 0 Å². The highest BCUT2D eigenvalue weighted by atomic mass is 79.9. The smallest absolute Gasteiger partial charge is 0.277 e. The fourth-order valence-corrected chi connectivity index (χ4v) is 4.39. The lowest BCUT2D eigenvalue weighted by Crippen LogP contribution is -2.29. The molecule has 4 aromatic rings. The lowest BCUT2D eigenvalue weighted by atomic mass is 9.94. The van der Waals surface area contributed by atoms with Crippen LogP contribution < -0.4 is 4.90 Å². The highest BCUT2D eigenvalue weighted by Gasteiger charge is 2.45. The number of aromatic amines is 1. The minimum Gasteiger partial charge on any atom is -0.295 e. The van der Waals surface area contributed by atoms with Gasteiger partial charge in [0.15, 0.2) is 0 Å². The number of rotatable bonds is 4. The van der Waals surface area contributed by atoms with Gasteiger partial charge < -0.3 is 0 Å². The van der Waals surface area contributed by atoms with E-state index in [0.29, 0.717) is 28.2 Å². The quantitative estimate of drug-likeness (QED) is 0.290. The predicted octanol–water partition coefficient (Wildman–Crippen LogP) is 5.81. The van der Waals surface area contributed by atoms with E-state index in [1.54, 1.807) is 23.1 Å². The Morgan fingerprint density at radius 1 is 1.03 bits per heavy atom. The van der Waals surface area contributed by atoms with E-state index in [9.17, 15) is 14.9 Å². The van der Waals surface area contributed by atoms with Gasteiger partial charge in [-0.25, -0.2) is 0 Å². The SMILES string of the molecule is Cc1ccc(N2C(=O)c3[nH]nc(-c4ccc(Br)cc4)c3C2c2ccccc2[N+](=O)[O-])cc1. The Labute approximate surface area is 192 Å². The van der Waals surface area contributed by atoms with Crippen LogP contribution in [0.4, 0.5) is 11.4 Å². The molecule has 8 heteroatoms. The number of nitrogens with one attached hydrogen (secondary N) is 1. The standard InChI is InChI=1S/C24H17BrN4O3/c1-14-6-12-17(13-7-14)28-23(18-4-2-3-5-19(18)29(31)32)20-21(26-27-22(20)24(28)30)15-8-10-16(25)11-9-15/h2-13,23H,1H3,(H,26,27). The lowest BCUT2D eigenvalue weighted by molar-refractivity contribution is -0.385. The van der Waals surface area contributed by atoms with Gasteiger partial charge in [0.1, 0.15) is 5.69 Å². The van der Waals surface area contributed by atoms with Gasteiger partial charge in [0.25, 0.3) is 11.6 Å². The van der Waals surface area contributed by atoms with Crippen LogP contribution in [-0.2, 0) is 0 Å². The van der Waals surface area contributed by atoms with Crippen LogP contribution >= 0.6 is 15.9 Å². The van der Waals surface area contributed by atoms with Crippen molar-refractivity contribution in [3.8, 4) is 11.3 Å². The van der Waals surface area contributed by atoms with E-state index < -0.39 is 11.0 Å². The molecule has 1 aliphatic rings. The minimum atomic E-state index is -0.695. The third-order valence-corrected chi connectivity index (χ3v) is 6.15. The summed E-state index contributed by atoms with van der Waals surface area (Å²) in [6, 6.07) is 21.0. The van der Waals surface area contributed by atoms with Gasteiger partial charge in [-0.2, -0.15) is 5.10 Å². The Balaban J connectivity index is 1.77. The summed E-state index contributed by atoms with van der Waals surface area (Å²) in [5.41, 5.74) is 4.49. The molecule has 1 atom stereocenters. The van der Waals surface area contributed by atoms with Crippen molar-refractivity contribution in [3.63, 3.8) is 0 Å². The number of nitro groups is 1. The molecule has 0 saturated heterocycles. The van der Waals surface area contributed by atoms with Crippen LogP contribution in [0, 0.1) is 17.0 Å². The van der Waals surface area contributed by atoms with Gasteiger partial charge >= 0.3 is 0 Å². The number of benzene rings is 3. The third kappa shape index (κ3) is 3.20. The van der Waals surface area contributed by atoms with Crippen LogP contribution in [0.2, 0.25) is 0 Å². The van der Waals surface area contributed by atoms with E-state index in [1.807, 2.05) is 55.5 Å². The molecule has 158 valence electrons.